The van der Waals surface area contributed by atoms with Gasteiger partial charge in [-0.2, -0.15) is 0 Å². The quantitative estimate of drug-likeness (QED) is 0.685. The van der Waals surface area contributed by atoms with Crippen molar-refractivity contribution in [2.75, 3.05) is 26.4 Å². The van der Waals surface area contributed by atoms with Gasteiger partial charge in [0, 0.05) is 6.61 Å². The van der Waals surface area contributed by atoms with Gasteiger partial charge < -0.3 is 18.9 Å². The molecule has 5 nitrogen and oxygen atoms in total. The minimum atomic E-state index is -0.359. The largest absolute Gasteiger partial charge is 0.490 e. The third kappa shape index (κ3) is 5.43. The lowest BCUT2D eigenvalue weighted by atomic mass is 10.1. The minimum Gasteiger partial charge on any atom is -0.490 e. The Morgan fingerprint density at radius 2 is 2.09 bits per heavy atom. The number of hydrogen-bond donors (Lipinski definition) is 0. The molecule has 0 radical (unpaired) electrons. The van der Waals surface area contributed by atoms with Crippen LogP contribution in [-0.4, -0.2) is 38.5 Å². The SMILES string of the molecule is CCCOc1ccc(C(=O)OCC2CCCCO2)cc1OCC. The lowest BCUT2D eigenvalue weighted by Crippen LogP contribution is -2.25. The maximum atomic E-state index is 12.2. The zero-order valence-electron chi connectivity index (χ0n) is 14.0. The number of rotatable bonds is 8. The van der Waals surface area contributed by atoms with Crippen molar-refractivity contribution >= 4 is 5.97 Å². The molecular formula is C18H26O5. The third-order valence-corrected chi connectivity index (χ3v) is 3.62. The van der Waals surface area contributed by atoms with E-state index < -0.39 is 0 Å². The Morgan fingerprint density at radius 1 is 1.22 bits per heavy atom. The van der Waals surface area contributed by atoms with Gasteiger partial charge in [-0.15, -0.1) is 0 Å². The Labute approximate surface area is 137 Å². The lowest BCUT2D eigenvalue weighted by molar-refractivity contribution is -0.0300. The van der Waals surface area contributed by atoms with Gasteiger partial charge in [0.25, 0.3) is 0 Å². The molecule has 0 saturated carbocycles. The number of ether oxygens (including phenoxy) is 4. The van der Waals surface area contributed by atoms with Crippen LogP contribution in [0.2, 0.25) is 0 Å². The van der Waals surface area contributed by atoms with Crippen molar-refractivity contribution < 1.29 is 23.7 Å². The summed E-state index contributed by atoms with van der Waals surface area (Å²) in [6, 6.07) is 5.14. The van der Waals surface area contributed by atoms with E-state index in [1.54, 1.807) is 18.2 Å². The second-order valence-electron chi connectivity index (χ2n) is 5.53. The zero-order chi connectivity index (χ0) is 16.5. The summed E-state index contributed by atoms with van der Waals surface area (Å²) in [6.45, 7) is 6.12. The van der Waals surface area contributed by atoms with Crippen molar-refractivity contribution in [3.05, 3.63) is 23.8 Å². The van der Waals surface area contributed by atoms with Gasteiger partial charge in [-0.3, -0.25) is 0 Å². The van der Waals surface area contributed by atoms with Crippen LogP contribution in [-0.2, 0) is 9.47 Å². The van der Waals surface area contributed by atoms with Gasteiger partial charge in [0.05, 0.1) is 24.9 Å². The van der Waals surface area contributed by atoms with Gasteiger partial charge >= 0.3 is 5.97 Å². The highest BCUT2D eigenvalue weighted by atomic mass is 16.6. The Kier molecular flexibility index (Phi) is 7.20. The van der Waals surface area contributed by atoms with Crippen molar-refractivity contribution in [3.63, 3.8) is 0 Å². The van der Waals surface area contributed by atoms with Crippen molar-refractivity contribution in [3.8, 4) is 11.5 Å². The lowest BCUT2D eigenvalue weighted by Gasteiger charge is -2.22. The fraction of sp³-hybridized carbons (Fsp3) is 0.611. The van der Waals surface area contributed by atoms with Crippen LogP contribution in [0.5, 0.6) is 11.5 Å². The molecule has 0 aromatic heterocycles. The third-order valence-electron chi connectivity index (χ3n) is 3.62. The normalized spacial score (nSPS) is 17.6. The first kappa shape index (κ1) is 17.6. The van der Waals surface area contributed by atoms with Crippen LogP contribution in [0.3, 0.4) is 0 Å². The van der Waals surface area contributed by atoms with Crippen LogP contribution in [0.15, 0.2) is 18.2 Å². The van der Waals surface area contributed by atoms with Crippen molar-refractivity contribution in [2.24, 2.45) is 0 Å². The summed E-state index contributed by atoms with van der Waals surface area (Å²) in [7, 11) is 0. The molecule has 1 unspecified atom stereocenters. The van der Waals surface area contributed by atoms with E-state index in [-0.39, 0.29) is 12.1 Å². The van der Waals surface area contributed by atoms with E-state index in [1.807, 2.05) is 13.8 Å². The molecule has 1 aliphatic heterocycles. The van der Waals surface area contributed by atoms with Gasteiger partial charge in [0.1, 0.15) is 6.61 Å². The van der Waals surface area contributed by atoms with Gasteiger partial charge in [-0.1, -0.05) is 6.92 Å². The average Bonchev–Trinajstić information content (AvgIpc) is 2.59. The summed E-state index contributed by atoms with van der Waals surface area (Å²) in [6.07, 6.45) is 4.09. The summed E-state index contributed by atoms with van der Waals surface area (Å²) in [4.78, 5) is 12.2. The zero-order valence-corrected chi connectivity index (χ0v) is 14.0. The molecule has 1 atom stereocenters. The van der Waals surface area contributed by atoms with Crippen LogP contribution >= 0.6 is 0 Å². The first-order valence-corrected chi connectivity index (χ1v) is 8.43. The van der Waals surface area contributed by atoms with Gasteiger partial charge in [0.2, 0.25) is 0 Å². The fourth-order valence-electron chi connectivity index (χ4n) is 2.43. The Morgan fingerprint density at radius 3 is 2.78 bits per heavy atom. The van der Waals surface area contributed by atoms with E-state index in [9.17, 15) is 4.79 Å². The molecule has 23 heavy (non-hydrogen) atoms. The number of hydrogen-bond acceptors (Lipinski definition) is 5. The maximum absolute atomic E-state index is 12.2. The second-order valence-corrected chi connectivity index (χ2v) is 5.53. The van der Waals surface area contributed by atoms with E-state index >= 15 is 0 Å². The average molecular weight is 322 g/mol. The molecule has 5 heteroatoms. The number of esters is 1. The number of benzene rings is 1. The first-order chi connectivity index (χ1) is 11.2. The fourth-order valence-corrected chi connectivity index (χ4v) is 2.43. The van der Waals surface area contributed by atoms with Crippen LogP contribution in [0.4, 0.5) is 0 Å². The van der Waals surface area contributed by atoms with Gasteiger partial charge in [0.15, 0.2) is 11.5 Å². The Balaban J connectivity index is 1.96. The number of carbonyl (C=O) groups is 1. The molecule has 1 aliphatic rings. The smallest absolute Gasteiger partial charge is 0.338 e. The van der Waals surface area contributed by atoms with E-state index in [0.717, 1.165) is 32.3 Å². The van der Waals surface area contributed by atoms with Crippen LogP contribution in [0, 0.1) is 0 Å². The van der Waals surface area contributed by atoms with Crippen molar-refractivity contribution in [1.29, 1.82) is 0 Å². The summed E-state index contributed by atoms with van der Waals surface area (Å²) < 4.78 is 22.1. The highest BCUT2D eigenvalue weighted by Gasteiger charge is 2.18. The molecule has 1 saturated heterocycles. The summed E-state index contributed by atoms with van der Waals surface area (Å²) >= 11 is 0. The predicted molar refractivity (Wildman–Crippen MR) is 87.3 cm³/mol. The molecule has 1 aromatic rings. The molecule has 1 fully saturated rings. The molecule has 0 N–H and O–H groups in total. The summed E-state index contributed by atoms with van der Waals surface area (Å²) in [5.74, 6) is 0.868. The molecule has 2 rings (SSSR count). The predicted octanol–water partition coefficient (Wildman–Crippen LogP) is 3.60. The monoisotopic (exact) mass is 322 g/mol. The highest BCUT2D eigenvalue weighted by molar-refractivity contribution is 5.90. The van der Waals surface area contributed by atoms with Crippen LogP contribution in [0.1, 0.15) is 49.9 Å². The van der Waals surface area contributed by atoms with Gasteiger partial charge in [-0.25, -0.2) is 4.79 Å². The van der Waals surface area contributed by atoms with E-state index in [2.05, 4.69) is 0 Å². The van der Waals surface area contributed by atoms with E-state index in [0.29, 0.717) is 36.9 Å². The highest BCUT2D eigenvalue weighted by Crippen LogP contribution is 2.29. The molecule has 0 amide bonds. The van der Waals surface area contributed by atoms with Crippen molar-refractivity contribution in [2.45, 2.75) is 45.6 Å². The molecular weight excluding hydrogens is 296 g/mol. The minimum absolute atomic E-state index is 0.0197. The molecule has 1 aromatic carbocycles. The van der Waals surface area contributed by atoms with Crippen LogP contribution < -0.4 is 9.47 Å². The van der Waals surface area contributed by atoms with E-state index in [1.165, 1.54) is 0 Å². The van der Waals surface area contributed by atoms with E-state index in [4.69, 9.17) is 18.9 Å². The molecule has 128 valence electrons. The maximum Gasteiger partial charge on any atom is 0.338 e. The van der Waals surface area contributed by atoms with Gasteiger partial charge in [-0.05, 0) is 50.8 Å². The molecule has 0 spiro atoms. The summed E-state index contributed by atoms with van der Waals surface area (Å²) in [5, 5.41) is 0. The number of carbonyl (C=O) groups excluding carboxylic acids is 1. The first-order valence-electron chi connectivity index (χ1n) is 8.43. The second kappa shape index (κ2) is 9.40. The topological polar surface area (TPSA) is 54.0 Å². The summed E-state index contributed by atoms with van der Waals surface area (Å²) in [5.41, 5.74) is 0.466. The molecule has 0 bridgehead atoms. The molecule has 0 aliphatic carbocycles. The van der Waals surface area contributed by atoms with Crippen LogP contribution in [0.25, 0.3) is 0 Å². The van der Waals surface area contributed by atoms with Crippen molar-refractivity contribution in [1.82, 2.24) is 0 Å². The Hall–Kier alpha value is -1.75. The Bertz CT molecular complexity index is 494. The standard InChI is InChI=1S/C18H26O5/c1-3-10-22-16-9-8-14(12-17(16)20-4-2)18(19)23-13-15-7-5-6-11-21-15/h8-9,12,15H,3-7,10-11,13H2,1-2H3. The molecule has 1 heterocycles.